The molecule has 0 saturated carbocycles. The molecule has 0 aliphatic carbocycles. The molecule has 0 aliphatic rings. The molecule has 30 heavy (non-hydrogen) atoms. The number of imidazole rings is 1. The monoisotopic (exact) mass is 408 g/mol. The maximum Gasteiger partial charge on any atom is 0.175 e. The summed E-state index contributed by atoms with van der Waals surface area (Å²) in [5.74, 6) is 0.374. The Balaban J connectivity index is 1.46. The SMILES string of the molecule is O=C(CSc1nc2ccccc2c2nc3ccccc3n12)c1c[nH]c2ccccc12. The minimum atomic E-state index is 0.0741. The minimum Gasteiger partial charge on any atom is -0.360 e. The molecule has 144 valence electrons. The van der Waals surface area contributed by atoms with Crippen molar-refractivity contribution in [2.24, 2.45) is 0 Å². The van der Waals surface area contributed by atoms with E-state index in [2.05, 4.69) is 9.38 Å². The summed E-state index contributed by atoms with van der Waals surface area (Å²) in [4.78, 5) is 25.9. The van der Waals surface area contributed by atoms with Gasteiger partial charge in [-0.25, -0.2) is 9.97 Å². The van der Waals surface area contributed by atoms with Crippen molar-refractivity contribution in [2.45, 2.75) is 5.16 Å². The molecule has 0 saturated heterocycles. The van der Waals surface area contributed by atoms with Crippen LogP contribution in [0, 0.1) is 0 Å². The van der Waals surface area contributed by atoms with E-state index in [1.807, 2.05) is 72.8 Å². The van der Waals surface area contributed by atoms with E-state index in [9.17, 15) is 4.79 Å². The second kappa shape index (κ2) is 6.71. The van der Waals surface area contributed by atoms with E-state index in [-0.39, 0.29) is 5.78 Å². The average molecular weight is 408 g/mol. The van der Waals surface area contributed by atoms with E-state index in [1.165, 1.54) is 11.8 Å². The van der Waals surface area contributed by atoms with E-state index in [0.717, 1.165) is 43.6 Å². The van der Waals surface area contributed by atoms with Gasteiger partial charge in [-0.15, -0.1) is 0 Å². The highest BCUT2D eigenvalue weighted by atomic mass is 32.2. The van der Waals surface area contributed by atoms with Crippen molar-refractivity contribution in [3.05, 3.63) is 84.6 Å². The zero-order valence-corrected chi connectivity index (χ0v) is 16.7. The van der Waals surface area contributed by atoms with Crippen LogP contribution in [0.15, 0.2) is 84.1 Å². The number of hydrogen-bond donors (Lipinski definition) is 1. The van der Waals surface area contributed by atoms with Gasteiger partial charge in [0, 0.05) is 28.0 Å². The number of fused-ring (bicyclic) bond motifs is 6. The maximum absolute atomic E-state index is 13.0. The van der Waals surface area contributed by atoms with Gasteiger partial charge in [-0.2, -0.15) is 0 Å². The van der Waals surface area contributed by atoms with Gasteiger partial charge in [0.2, 0.25) is 0 Å². The normalized spacial score (nSPS) is 11.7. The van der Waals surface area contributed by atoms with Crippen LogP contribution in [0.3, 0.4) is 0 Å². The number of aromatic nitrogens is 4. The van der Waals surface area contributed by atoms with Crippen molar-refractivity contribution in [2.75, 3.05) is 5.75 Å². The largest absolute Gasteiger partial charge is 0.360 e. The molecule has 0 fully saturated rings. The number of carbonyl (C=O) groups excluding carboxylic acids is 1. The Morgan fingerprint density at radius 1 is 0.867 bits per heavy atom. The zero-order chi connectivity index (χ0) is 20.1. The molecule has 0 amide bonds. The first-order valence-corrected chi connectivity index (χ1v) is 10.7. The Labute approximate surface area is 175 Å². The molecule has 5 nitrogen and oxygen atoms in total. The van der Waals surface area contributed by atoms with Crippen LogP contribution in [0.4, 0.5) is 0 Å². The highest BCUT2D eigenvalue weighted by Crippen LogP contribution is 2.29. The van der Waals surface area contributed by atoms with E-state index in [1.54, 1.807) is 6.20 Å². The molecule has 6 aromatic rings. The Bertz CT molecular complexity index is 1580. The molecule has 0 radical (unpaired) electrons. The van der Waals surface area contributed by atoms with Crippen molar-refractivity contribution in [3.63, 3.8) is 0 Å². The van der Waals surface area contributed by atoms with Crippen LogP contribution >= 0.6 is 11.8 Å². The summed E-state index contributed by atoms with van der Waals surface area (Å²) >= 11 is 1.45. The van der Waals surface area contributed by atoms with E-state index in [0.29, 0.717) is 11.3 Å². The molecular weight excluding hydrogens is 392 g/mol. The lowest BCUT2D eigenvalue weighted by molar-refractivity contribution is 0.102. The number of benzene rings is 3. The summed E-state index contributed by atoms with van der Waals surface area (Å²) in [5.41, 5.74) is 5.34. The molecule has 0 atom stereocenters. The summed E-state index contributed by atoms with van der Waals surface area (Å²) in [6.07, 6.45) is 1.80. The fourth-order valence-electron chi connectivity index (χ4n) is 3.92. The van der Waals surface area contributed by atoms with Gasteiger partial charge >= 0.3 is 0 Å². The highest BCUT2D eigenvalue weighted by molar-refractivity contribution is 7.99. The van der Waals surface area contributed by atoms with E-state index in [4.69, 9.17) is 9.97 Å². The number of nitrogens with zero attached hydrogens (tertiary/aromatic N) is 3. The van der Waals surface area contributed by atoms with Gasteiger partial charge in [0.1, 0.15) is 5.65 Å². The Morgan fingerprint density at radius 3 is 2.50 bits per heavy atom. The lowest BCUT2D eigenvalue weighted by Crippen LogP contribution is -2.04. The third-order valence-corrected chi connectivity index (χ3v) is 6.27. The van der Waals surface area contributed by atoms with Crippen LogP contribution in [-0.4, -0.2) is 30.9 Å². The van der Waals surface area contributed by atoms with Crippen LogP contribution in [0.5, 0.6) is 0 Å². The molecule has 0 aliphatic heterocycles. The predicted molar refractivity (Wildman–Crippen MR) is 121 cm³/mol. The second-order valence-corrected chi connectivity index (χ2v) is 8.07. The Hall–Kier alpha value is -3.64. The predicted octanol–water partition coefficient (Wildman–Crippen LogP) is 5.49. The lowest BCUT2D eigenvalue weighted by Gasteiger charge is -2.08. The molecule has 0 spiro atoms. The maximum atomic E-state index is 13.0. The molecule has 3 aromatic heterocycles. The Kier molecular flexibility index (Phi) is 3.86. The number of thioether (sulfide) groups is 1. The van der Waals surface area contributed by atoms with Crippen LogP contribution in [0.1, 0.15) is 10.4 Å². The van der Waals surface area contributed by atoms with Crippen LogP contribution in [0.2, 0.25) is 0 Å². The third-order valence-electron chi connectivity index (χ3n) is 5.34. The first-order chi connectivity index (χ1) is 14.8. The van der Waals surface area contributed by atoms with Gasteiger partial charge in [-0.3, -0.25) is 9.20 Å². The van der Waals surface area contributed by atoms with Crippen molar-refractivity contribution in [1.82, 2.24) is 19.4 Å². The van der Waals surface area contributed by atoms with Crippen molar-refractivity contribution < 1.29 is 4.79 Å². The number of hydrogen-bond acceptors (Lipinski definition) is 4. The second-order valence-electron chi connectivity index (χ2n) is 7.13. The summed E-state index contributed by atoms with van der Waals surface area (Å²) in [6, 6.07) is 23.9. The number of aromatic amines is 1. The smallest absolute Gasteiger partial charge is 0.175 e. The first-order valence-electron chi connectivity index (χ1n) is 9.68. The number of rotatable bonds is 4. The topological polar surface area (TPSA) is 63.1 Å². The van der Waals surface area contributed by atoms with Crippen LogP contribution in [0.25, 0.3) is 38.5 Å². The van der Waals surface area contributed by atoms with Gasteiger partial charge in [0.15, 0.2) is 10.9 Å². The number of para-hydroxylation sites is 4. The summed E-state index contributed by atoms with van der Waals surface area (Å²) < 4.78 is 2.06. The van der Waals surface area contributed by atoms with Crippen LogP contribution in [-0.2, 0) is 0 Å². The number of nitrogens with one attached hydrogen (secondary N) is 1. The summed E-state index contributed by atoms with van der Waals surface area (Å²) in [7, 11) is 0. The summed E-state index contributed by atoms with van der Waals surface area (Å²) in [5, 5.41) is 2.72. The van der Waals surface area contributed by atoms with Gasteiger partial charge in [-0.1, -0.05) is 54.2 Å². The van der Waals surface area contributed by atoms with Crippen molar-refractivity contribution in [1.29, 1.82) is 0 Å². The van der Waals surface area contributed by atoms with Crippen molar-refractivity contribution >= 4 is 56.0 Å². The quantitative estimate of drug-likeness (QED) is 0.238. The first kappa shape index (κ1) is 17.2. The fourth-order valence-corrected chi connectivity index (χ4v) is 4.81. The van der Waals surface area contributed by atoms with Gasteiger partial charge in [0.25, 0.3) is 0 Å². The molecule has 0 unspecified atom stereocenters. The number of ketones is 1. The van der Waals surface area contributed by atoms with Gasteiger partial charge < -0.3 is 4.98 Å². The molecular formula is C24H16N4OS. The van der Waals surface area contributed by atoms with Gasteiger partial charge in [-0.05, 0) is 30.3 Å². The molecule has 6 rings (SSSR count). The average Bonchev–Trinajstić information content (AvgIpc) is 3.39. The number of Topliss-reactive ketones (excluding diaryl/α,β-unsaturated/α-hetero) is 1. The summed E-state index contributed by atoms with van der Waals surface area (Å²) in [6.45, 7) is 0. The van der Waals surface area contributed by atoms with Gasteiger partial charge in [0.05, 0.1) is 22.3 Å². The number of H-pyrrole nitrogens is 1. The lowest BCUT2D eigenvalue weighted by atomic mass is 10.1. The molecule has 3 aromatic carbocycles. The molecule has 6 heteroatoms. The zero-order valence-electron chi connectivity index (χ0n) is 15.9. The third kappa shape index (κ3) is 2.61. The molecule has 1 N–H and O–H groups in total. The fraction of sp³-hybridized carbons (Fsp3) is 0.0417. The minimum absolute atomic E-state index is 0.0741. The Morgan fingerprint density at radius 2 is 1.60 bits per heavy atom. The van der Waals surface area contributed by atoms with E-state index < -0.39 is 0 Å². The van der Waals surface area contributed by atoms with Crippen molar-refractivity contribution in [3.8, 4) is 0 Å². The number of carbonyl (C=O) groups is 1. The highest BCUT2D eigenvalue weighted by Gasteiger charge is 2.17. The van der Waals surface area contributed by atoms with E-state index >= 15 is 0 Å². The molecule has 0 bridgehead atoms. The standard InChI is InChI=1S/C24H16N4OS/c29-22(17-13-25-18-9-3-1-7-15(17)18)14-30-24-27-19-10-4-2-8-16(19)23-26-20-11-5-6-12-21(20)28(23)24/h1-13,25H,14H2. The van der Waals surface area contributed by atoms with Crippen LogP contribution < -0.4 is 0 Å². The molecule has 3 heterocycles.